The zero-order valence-electron chi connectivity index (χ0n) is 26.6. The highest BCUT2D eigenvalue weighted by Crippen LogP contribution is 2.31. The van der Waals surface area contributed by atoms with Crippen LogP contribution in [-0.2, 0) is 13.0 Å². The first-order valence-corrected chi connectivity index (χ1v) is 15.2. The molecule has 1 nitrogen and oxygen atoms in total. The predicted octanol–water partition coefficient (Wildman–Crippen LogP) is 11.3. The largest absolute Gasteiger partial charge is 0.293 e. The highest BCUT2D eigenvalue weighted by atomic mass is 15.2. The Morgan fingerprint density at radius 3 is 2.25 bits per heavy atom. The predicted molar refractivity (Wildman–Crippen MR) is 183 cm³/mol. The molecule has 2 aromatic carbocycles. The third-order valence-electron chi connectivity index (χ3n) is 7.53. The van der Waals surface area contributed by atoms with E-state index in [0.29, 0.717) is 6.04 Å². The topological polar surface area (TPSA) is 3.24 Å². The molecule has 0 bridgehead atoms. The van der Waals surface area contributed by atoms with Crippen molar-refractivity contribution in [3.05, 3.63) is 132 Å². The second-order valence-electron chi connectivity index (χ2n) is 9.96. The molecule has 3 rings (SSSR count). The molecule has 0 saturated carbocycles. The SMILES string of the molecule is C=C/C(C/C=C\c1ccc(CN2CCCC2C=C)cc1)=C(C)\C(=C/C)c1cccc(CC)c1C.C=CCC.CC. The van der Waals surface area contributed by atoms with E-state index in [1.807, 2.05) is 26.0 Å². The van der Waals surface area contributed by atoms with Crippen LogP contribution in [-0.4, -0.2) is 17.5 Å². The molecule has 216 valence electrons. The zero-order valence-corrected chi connectivity index (χ0v) is 26.6. The van der Waals surface area contributed by atoms with Crippen molar-refractivity contribution < 1.29 is 0 Å². The maximum atomic E-state index is 4.12. The highest BCUT2D eigenvalue weighted by molar-refractivity contribution is 5.82. The van der Waals surface area contributed by atoms with Gasteiger partial charge in [0.2, 0.25) is 0 Å². The molecule has 1 heterocycles. The summed E-state index contributed by atoms with van der Waals surface area (Å²) in [6.07, 6.45) is 18.2. The zero-order chi connectivity index (χ0) is 29.9. The second-order valence-corrected chi connectivity index (χ2v) is 9.96. The summed E-state index contributed by atoms with van der Waals surface area (Å²) in [5.74, 6) is 0. The van der Waals surface area contributed by atoms with Gasteiger partial charge in [0.15, 0.2) is 0 Å². The Labute approximate surface area is 247 Å². The number of allylic oxidation sites excluding steroid dienone is 7. The summed E-state index contributed by atoms with van der Waals surface area (Å²) in [6.45, 7) is 28.7. The molecular formula is C39H55N. The van der Waals surface area contributed by atoms with Crippen LogP contribution in [0.4, 0.5) is 0 Å². The summed E-state index contributed by atoms with van der Waals surface area (Å²) >= 11 is 0. The molecule has 1 heteroatoms. The minimum Gasteiger partial charge on any atom is -0.293 e. The minimum atomic E-state index is 0.530. The Hall–Kier alpha value is -3.16. The molecule has 1 aliphatic rings. The number of rotatable bonds is 11. The number of hydrogen-bond donors (Lipinski definition) is 0. The number of nitrogens with zero attached hydrogens (tertiary/aromatic N) is 1. The smallest absolute Gasteiger partial charge is 0.0279 e. The fraction of sp³-hybridized carbons (Fsp3) is 0.385. The van der Waals surface area contributed by atoms with Crippen LogP contribution in [0, 0.1) is 6.92 Å². The molecule has 1 aliphatic heterocycles. The normalized spacial score (nSPS) is 15.9. The Morgan fingerprint density at radius 2 is 1.70 bits per heavy atom. The maximum Gasteiger partial charge on any atom is 0.0279 e. The van der Waals surface area contributed by atoms with Crippen molar-refractivity contribution in [3.63, 3.8) is 0 Å². The molecule has 0 aliphatic carbocycles. The van der Waals surface area contributed by atoms with Crippen molar-refractivity contribution in [2.75, 3.05) is 6.54 Å². The molecule has 1 unspecified atom stereocenters. The first-order valence-electron chi connectivity index (χ1n) is 15.2. The van der Waals surface area contributed by atoms with Crippen LogP contribution in [0.5, 0.6) is 0 Å². The van der Waals surface area contributed by atoms with E-state index in [0.717, 1.165) is 25.8 Å². The average molecular weight is 538 g/mol. The summed E-state index contributed by atoms with van der Waals surface area (Å²) < 4.78 is 0. The Bertz CT molecular complexity index is 1140. The van der Waals surface area contributed by atoms with E-state index in [4.69, 9.17) is 0 Å². The number of benzene rings is 2. The molecule has 1 fully saturated rings. The first kappa shape index (κ1) is 34.9. The van der Waals surface area contributed by atoms with E-state index < -0.39 is 0 Å². The summed E-state index contributed by atoms with van der Waals surface area (Å²) in [4.78, 5) is 2.53. The van der Waals surface area contributed by atoms with Gasteiger partial charge in [0, 0.05) is 12.6 Å². The highest BCUT2D eigenvalue weighted by Gasteiger charge is 2.21. The lowest BCUT2D eigenvalue weighted by molar-refractivity contribution is 0.282. The summed E-state index contributed by atoms with van der Waals surface area (Å²) in [6, 6.07) is 16.2. The van der Waals surface area contributed by atoms with E-state index in [2.05, 4.69) is 126 Å². The van der Waals surface area contributed by atoms with E-state index in [9.17, 15) is 0 Å². The fourth-order valence-corrected chi connectivity index (χ4v) is 5.10. The van der Waals surface area contributed by atoms with Gasteiger partial charge in [0.1, 0.15) is 0 Å². The quantitative estimate of drug-likeness (QED) is 0.203. The van der Waals surface area contributed by atoms with Gasteiger partial charge >= 0.3 is 0 Å². The fourth-order valence-electron chi connectivity index (χ4n) is 5.10. The van der Waals surface area contributed by atoms with Crippen LogP contribution >= 0.6 is 0 Å². The van der Waals surface area contributed by atoms with Crippen molar-refractivity contribution >= 4 is 11.6 Å². The second kappa shape index (κ2) is 19.8. The van der Waals surface area contributed by atoms with Crippen LogP contribution in [0.2, 0.25) is 0 Å². The number of likely N-dealkylation sites (tertiary alicyclic amines) is 1. The molecule has 0 spiro atoms. The van der Waals surface area contributed by atoms with Crippen molar-refractivity contribution in [1.82, 2.24) is 4.90 Å². The summed E-state index contributed by atoms with van der Waals surface area (Å²) in [5.41, 5.74) is 10.6. The van der Waals surface area contributed by atoms with Gasteiger partial charge in [0.25, 0.3) is 0 Å². The van der Waals surface area contributed by atoms with Crippen molar-refractivity contribution in [1.29, 1.82) is 0 Å². The standard InChI is InChI=1S/C33H41N.C4H8.C2H6/c1-7-29(25(5)32(10-4)33-18-12-16-30(8-2)26(33)6)15-11-14-27-19-21-28(22-20-27)24-34-23-13-17-31(34)9-3;1-3-4-2;1-2/h7,9-12,14,16,18-22,31H,1,3,8,13,15,17,23-24H2,2,4-6H3;3H,1,4H2,2H3;1-2H3/b14-11-,29-25+,32-10+;;. The molecule has 0 aromatic heterocycles. The summed E-state index contributed by atoms with van der Waals surface area (Å²) in [5, 5.41) is 0. The van der Waals surface area contributed by atoms with Crippen LogP contribution in [0.1, 0.15) is 95.0 Å². The molecule has 2 aromatic rings. The van der Waals surface area contributed by atoms with Gasteiger partial charge in [-0.25, -0.2) is 0 Å². The monoisotopic (exact) mass is 537 g/mol. The van der Waals surface area contributed by atoms with Crippen molar-refractivity contribution in [3.8, 4) is 0 Å². The third kappa shape index (κ3) is 10.4. The van der Waals surface area contributed by atoms with Crippen molar-refractivity contribution in [2.45, 2.75) is 93.2 Å². The minimum absolute atomic E-state index is 0.530. The Morgan fingerprint density at radius 1 is 1.02 bits per heavy atom. The summed E-state index contributed by atoms with van der Waals surface area (Å²) in [7, 11) is 0. The average Bonchev–Trinajstić information content (AvgIpc) is 3.45. The van der Waals surface area contributed by atoms with Gasteiger partial charge in [0.05, 0.1) is 0 Å². The van der Waals surface area contributed by atoms with Crippen molar-refractivity contribution in [2.24, 2.45) is 0 Å². The van der Waals surface area contributed by atoms with Crippen LogP contribution < -0.4 is 0 Å². The van der Waals surface area contributed by atoms with Crippen LogP contribution in [0.3, 0.4) is 0 Å². The van der Waals surface area contributed by atoms with Gasteiger partial charge in [-0.2, -0.15) is 0 Å². The van der Waals surface area contributed by atoms with Gasteiger partial charge in [-0.3, -0.25) is 4.90 Å². The number of hydrogen-bond acceptors (Lipinski definition) is 1. The lowest BCUT2D eigenvalue weighted by atomic mass is 9.88. The van der Waals surface area contributed by atoms with E-state index in [1.165, 1.54) is 63.9 Å². The van der Waals surface area contributed by atoms with Gasteiger partial charge in [-0.05, 0) is 104 Å². The lowest BCUT2D eigenvalue weighted by Crippen LogP contribution is -2.26. The molecule has 0 amide bonds. The third-order valence-corrected chi connectivity index (χ3v) is 7.53. The maximum absolute atomic E-state index is 4.12. The van der Waals surface area contributed by atoms with E-state index in [1.54, 1.807) is 0 Å². The lowest BCUT2D eigenvalue weighted by Gasteiger charge is -2.21. The van der Waals surface area contributed by atoms with Crippen LogP contribution in [0.15, 0.2) is 104 Å². The van der Waals surface area contributed by atoms with Gasteiger partial charge in [-0.1, -0.05) is 113 Å². The van der Waals surface area contributed by atoms with E-state index in [-0.39, 0.29) is 0 Å². The molecular weight excluding hydrogens is 482 g/mol. The van der Waals surface area contributed by atoms with Gasteiger partial charge in [-0.15, -0.1) is 13.2 Å². The molecule has 0 N–H and O–H groups in total. The van der Waals surface area contributed by atoms with Gasteiger partial charge < -0.3 is 0 Å². The first-order chi connectivity index (χ1) is 19.4. The molecule has 1 saturated heterocycles. The number of aryl methyl sites for hydroxylation is 1. The Kier molecular flexibility index (Phi) is 17.3. The molecule has 0 radical (unpaired) electrons. The molecule has 1 atom stereocenters. The van der Waals surface area contributed by atoms with E-state index >= 15 is 0 Å². The van der Waals surface area contributed by atoms with Crippen LogP contribution in [0.25, 0.3) is 11.6 Å². The molecule has 40 heavy (non-hydrogen) atoms. The Balaban J connectivity index is 0.00000122.